The number of amides is 2. The van der Waals surface area contributed by atoms with Crippen molar-refractivity contribution in [2.75, 3.05) is 19.7 Å². The zero-order chi connectivity index (χ0) is 11.6. The highest BCUT2D eigenvalue weighted by Crippen LogP contribution is 2.23. The first-order chi connectivity index (χ1) is 6.85. The molecule has 0 aromatic heterocycles. The van der Waals surface area contributed by atoms with Crippen LogP contribution in [-0.4, -0.2) is 41.5 Å². The number of carbonyl (C=O) groups excluding carboxylic acids is 2. The number of rotatable bonds is 4. The smallest absolute Gasteiger partial charge is 0.223 e. The number of primary amides is 1. The van der Waals surface area contributed by atoms with Crippen LogP contribution in [0.1, 0.15) is 20.3 Å². The fourth-order valence-corrected chi connectivity index (χ4v) is 1.68. The van der Waals surface area contributed by atoms with Gasteiger partial charge in [-0.3, -0.25) is 9.59 Å². The third kappa shape index (κ3) is 2.92. The summed E-state index contributed by atoms with van der Waals surface area (Å²) < 4.78 is 0. The van der Waals surface area contributed by atoms with Gasteiger partial charge in [-0.1, -0.05) is 13.8 Å². The number of hydrogen-bond acceptors (Lipinski definition) is 3. The molecule has 2 amide bonds. The summed E-state index contributed by atoms with van der Waals surface area (Å²) in [7, 11) is 0. The van der Waals surface area contributed by atoms with Gasteiger partial charge in [0.1, 0.15) is 0 Å². The van der Waals surface area contributed by atoms with Gasteiger partial charge in [0.25, 0.3) is 0 Å². The Hall–Kier alpha value is -1.10. The number of hydrogen-bond donors (Lipinski definition) is 2. The molecule has 0 aromatic rings. The Labute approximate surface area is 89.2 Å². The SMILES string of the molecule is CC(C)(CO)CN1CC(C(N)=O)CC1=O. The minimum absolute atomic E-state index is 0.0119. The Morgan fingerprint density at radius 3 is 2.67 bits per heavy atom. The van der Waals surface area contributed by atoms with Crippen LogP contribution in [0.15, 0.2) is 0 Å². The van der Waals surface area contributed by atoms with Crippen LogP contribution in [0.5, 0.6) is 0 Å². The van der Waals surface area contributed by atoms with Gasteiger partial charge >= 0.3 is 0 Å². The molecule has 1 unspecified atom stereocenters. The molecule has 5 nitrogen and oxygen atoms in total. The summed E-state index contributed by atoms with van der Waals surface area (Å²) in [6, 6.07) is 0. The van der Waals surface area contributed by atoms with Crippen molar-refractivity contribution in [3.05, 3.63) is 0 Å². The van der Waals surface area contributed by atoms with Crippen molar-refractivity contribution in [3.63, 3.8) is 0 Å². The molecule has 5 heteroatoms. The van der Waals surface area contributed by atoms with Gasteiger partial charge in [0, 0.05) is 31.5 Å². The molecular formula is C10H18N2O3. The molecule has 1 fully saturated rings. The van der Waals surface area contributed by atoms with Gasteiger partial charge in [0.2, 0.25) is 11.8 Å². The summed E-state index contributed by atoms with van der Waals surface area (Å²) in [4.78, 5) is 24.0. The minimum Gasteiger partial charge on any atom is -0.396 e. The van der Waals surface area contributed by atoms with E-state index in [4.69, 9.17) is 10.8 Å². The highest BCUT2D eigenvalue weighted by atomic mass is 16.3. The molecule has 86 valence electrons. The predicted molar refractivity (Wildman–Crippen MR) is 54.7 cm³/mol. The number of aliphatic hydroxyl groups is 1. The van der Waals surface area contributed by atoms with Crippen LogP contribution in [0.3, 0.4) is 0 Å². The number of likely N-dealkylation sites (tertiary alicyclic amines) is 1. The number of nitrogens with two attached hydrogens (primary N) is 1. The predicted octanol–water partition coefficient (Wildman–Crippen LogP) is -0.661. The fourth-order valence-electron chi connectivity index (χ4n) is 1.68. The van der Waals surface area contributed by atoms with Crippen molar-refractivity contribution in [1.29, 1.82) is 0 Å². The molecule has 0 aliphatic carbocycles. The molecule has 1 saturated heterocycles. The number of carbonyl (C=O) groups is 2. The normalized spacial score (nSPS) is 22.2. The zero-order valence-corrected chi connectivity index (χ0v) is 9.19. The molecule has 0 aromatic carbocycles. The molecular weight excluding hydrogens is 196 g/mol. The van der Waals surface area contributed by atoms with Crippen molar-refractivity contribution in [2.45, 2.75) is 20.3 Å². The first kappa shape index (κ1) is 12.0. The van der Waals surface area contributed by atoms with Crippen molar-refractivity contribution in [1.82, 2.24) is 4.90 Å². The van der Waals surface area contributed by atoms with Crippen LogP contribution < -0.4 is 5.73 Å². The average Bonchev–Trinajstić information content (AvgIpc) is 2.47. The Morgan fingerprint density at radius 2 is 2.27 bits per heavy atom. The maximum Gasteiger partial charge on any atom is 0.223 e. The average molecular weight is 214 g/mol. The molecule has 0 spiro atoms. The second kappa shape index (κ2) is 4.18. The van der Waals surface area contributed by atoms with Crippen LogP contribution in [0.4, 0.5) is 0 Å². The quantitative estimate of drug-likeness (QED) is 0.651. The number of aliphatic hydroxyl groups excluding tert-OH is 1. The lowest BCUT2D eigenvalue weighted by molar-refractivity contribution is -0.129. The van der Waals surface area contributed by atoms with E-state index < -0.39 is 5.91 Å². The summed E-state index contributed by atoms with van der Waals surface area (Å²) in [5, 5.41) is 9.09. The monoisotopic (exact) mass is 214 g/mol. The highest BCUT2D eigenvalue weighted by Gasteiger charge is 2.35. The van der Waals surface area contributed by atoms with Crippen molar-refractivity contribution in [2.24, 2.45) is 17.1 Å². The van der Waals surface area contributed by atoms with Crippen LogP contribution >= 0.6 is 0 Å². The van der Waals surface area contributed by atoms with Crippen LogP contribution in [0, 0.1) is 11.3 Å². The minimum atomic E-state index is -0.423. The van der Waals surface area contributed by atoms with Gasteiger partial charge in [-0.15, -0.1) is 0 Å². The van der Waals surface area contributed by atoms with E-state index >= 15 is 0 Å². The Bertz CT molecular complexity index is 276. The molecule has 0 saturated carbocycles. The maximum absolute atomic E-state index is 11.5. The van der Waals surface area contributed by atoms with Gasteiger partial charge in [0.05, 0.1) is 5.92 Å². The second-order valence-corrected chi connectivity index (χ2v) is 4.90. The molecule has 3 N–H and O–H groups in total. The molecule has 1 atom stereocenters. The Balaban J connectivity index is 2.58. The van der Waals surface area contributed by atoms with Gasteiger partial charge in [-0.05, 0) is 0 Å². The van der Waals surface area contributed by atoms with E-state index in [0.717, 1.165) is 0 Å². The zero-order valence-electron chi connectivity index (χ0n) is 9.19. The topological polar surface area (TPSA) is 83.6 Å². The summed E-state index contributed by atoms with van der Waals surface area (Å²) in [5.41, 5.74) is 4.82. The van der Waals surface area contributed by atoms with Crippen molar-refractivity contribution in [3.8, 4) is 0 Å². The fraction of sp³-hybridized carbons (Fsp3) is 0.800. The van der Waals surface area contributed by atoms with E-state index in [1.165, 1.54) is 0 Å². The van der Waals surface area contributed by atoms with Gasteiger partial charge in [0.15, 0.2) is 0 Å². The first-order valence-electron chi connectivity index (χ1n) is 5.04. The molecule has 1 heterocycles. The van der Waals surface area contributed by atoms with Crippen molar-refractivity contribution < 1.29 is 14.7 Å². The van der Waals surface area contributed by atoms with Gasteiger partial charge < -0.3 is 15.7 Å². The van der Waals surface area contributed by atoms with Crippen LogP contribution in [0.2, 0.25) is 0 Å². The van der Waals surface area contributed by atoms with E-state index in [0.29, 0.717) is 13.1 Å². The summed E-state index contributed by atoms with van der Waals surface area (Å²) in [6.45, 7) is 4.61. The molecule has 1 rings (SSSR count). The lowest BCUT2D eigenvalue weighted by atomic mass is 9.94. The van der Waals surface area contributed by atoms with E-state index in [2.05, 4.69) is 0 Å². The van der Waals surface area contributed by atoms with E-state index in [1.54, 1.807) is 4.90 Å². The van der Waals surface area contributed by atoms with Crippen molar-refractivity contribution >= 4 is 11.8 Å². The lowest BCUT2D eigenvalue weighted by Crippen LogP contribution is -2.38. The largest absolute Gasteiger partial charge is 0.396 e. The third-order valence-electron chi connectivity index (χ3n) is 2.66. The van der Waals surface area contributed by atoms with E-state index in [-0.39, 0.29) is 30.3 Å². The highest BCUT2D eigenvalue weighted by molar-refractivity contribution is 5.88. The Morgan fingerprint density at radius 1 is 1.67 bits per heavy atom. The Kier molecular flexibility index (Phi) is 3.34. The van der Waals surface area contributed by atoms with E-state index in [9.17, 15) is 9.59 Å². The lowest BCUT2D eigenvalue weighted by Gasteiger charge is -2.28. The molecule has 1 aliphatic heterocycles. The molecule has 0 radical (unpaired) electrons. The van der Waals surface area contributed by atoms with Crippen LogP contribution in [0.25, 0.3) is 0 Å². The van der Waals surface area contributed by atoms with Crippen LogP contribution in [-0.2, 0) is 9.59 Å². The summed E-state index contributed by atoms with van der Waals surface area (Å²) in [5.74, 6) is -0.847. The molecule has 1 aliphatic rings. The van der Waals surface area contributed by atoms with Gasteiger partial charge in [-0.25, -0.2) is 0 Å². The number of nitrogens with zero attached hydrogens (tertiary/aromatic N) is 1. The van der Waals surface area contributed by atoms with E-state index in [1.807, 2.05) is 13.8 Å². The summed E-state index contributed by atoms with van der Waals surface area (Å²) >= 11 is 0. The summed E-state index contributed by atoms with van der Waals surface area (Å²) in [6.07, 6.45) is 0.205. The molecule has 15 heavy (non-hydrogen) atoms. The first-order valence-corrected chi connectivity index (χ1v) is 5.04. The standard InChI is InChI=1S/C10H18N2O3/c1-10(2,6-13)5-12-4-7(9(11)15)3-8(12)14/h7,13H,3-6H2,1-2H3,(H2,11,15). The third-order valence-corrected chi connectivity index (χ3v) is 2.66. The maximum atomic E-state index is 11.5. The molecule has 0 bridgehead atoms. The van der Waals surface area contributed by atoms with Gasteiger partial charge in [-0.2, -0.15) is 0 Å². The second-order valence-electron chi connectivity index (χ2n) is 4.90.